The zero-order chi connectivity index (χ0) is 14.5. The number of nitriles is 1. The Hall–Kier alpha value is -1.30. The molecule has 0 N–H and O–H groups in total. The van der Waals surface area contributed by atoms with Gasteiger partial charge in [0.05, 0.1) is 11.8 Å². The van der Waals surface area contributed by atoms with Crippen LogP contribution in [0.15, 0.2) is 4.52 Å². The summed E-state index contributed by atoms with van der Waals surface area (Å²) in [5, 5.41) is 13.3. The van der Waals surface area contributed by atoms with E-state index in [1.165, 1.54) is 75.5 Å². The van der Waals surface area contributed by atoms with Crippen LogP contribution in [0.1, 0.15) is 99.5 Å². The first-order valence-corrected chi connectivity index (χ1v) is 8.75. The molecule has 0 aromatic carbocycles. The topological polar surface area (TPSA) is 49.8 Å². The van der Waals surface area contributed by atoms with Crippen LogP contribution in [0.25, 0.3) is 0 Å². The summed E-state index contributed by atoms with van der Waals surface area (Å²) < 4.78 is 5.83. The fourth-order valence-electron chi connectivity index (χ4n) is 4.19. The fourth-order valence-corrected chi connectivity index (χ4v) is 4.19. The molecular formula is C18H26N2O. The number of nitrogens with zero attached hydrogens (tertiary/aromatic N) is 2. The Morgan fingerprint density at radius 1 is 0.952 bits per heavy atom. The lowest BCUT2D eigenvalue weighted by Gasteiger charge is -2.25. The molecule has 0 radical (unpaired) electrons. The van der Waals surface area contributed by atoms with E-state index in [0.717, 1.165) is 12.1 Å². The Labute approximate surface area is 127 Å². The minimum Gasteiger partial charge on any atom is -0.361 e. The Morgan fingerprint density at radius 3 is 2.19 bits per heavy atom. The molecule has 2 saturated carbocycles. The van der Waals surface area contributed by atoms with Gasteiger partial charge < -0.3 is 4.52 Å². The summed E-state index contributed by atoms with van der Waals surface area (Å²) in [5.41, 5.74) is 2.50. The first kappa shape index (κ1) is 14.6. The van der Waals surface area contributed by atoms with E-state index in [9.17, 15) is 0 Å². The average Bonchev–Trinajstić information content (AvgIpc) is 2.98. The zero-order valence-corrected chi connectivity index (χ0v) is 12.9. The first-order chi connectivity index (χ1) is 10.4. The SMILES string of the molecule is N#CCCc1noc(C2CCCCC2)c1C1CCCCC1. The minimum atomic E-state index is 0.552. The maximum Gasteiger partial charge on any atom is 0.143 e. The molecule has 1 heterocycles. The van der Waals surface area contributed by atoms with Crippen molar-refractivity contribution < 1.29 is 4.52 Å². The highest BCUT2D eigenvalue weighted by Crippen LogP contribution is 2.42. The van der Waals surface area contributed by atoms with Crippen LogP contribution in [-0.2, 0) is 6.42 Å². The minimum absolute atomic E-state index is 0.552. The average molecular weight is 286 g/mol. The predicted molar refractivity (Wildman–Crippen MR) is 82.1 cm³/mol. The lowest BCUT2D eigenvalue weighted by Crippen LogP contribution is -2.12. The van der Waals surface area contributed by atoms with Gasteiger partial charge in [-0.3, -0.25) is 0 Å². The highest BCUT2D eigenvalue weighted by Gasteiger charge is 2.30. The van der Waals surface area contributed by atoms with Crippen LogP contribution in [0.3, 0.4) is 0 Å². The third kappa shape index (κ3) is 3.31. The van der Waals surface area contributed by atoms with E-state index >= 15 is 0 Å². The first-order valence-electron chi connectivity index (χ1n) is 8.75. The molecular weight excluding hydrogens is 260 g/mol. The second-order valence-electron chi connectivity index (χ2n) is 6.74. The lowest BCUT2D eigenvalue weighted by molar-refractivity contribution is 0.313. The molecule has 0 atom stereocenters. The van der Waals surface area contributed by atoms with E-state index in [2.05, 4.69) is 11.2 Å². The number of hydrogen-bond donors (Lipinski definition) is 0. The number of hydrogen-bond acceptors (Lipinski definition) is 3. The standard InChI is InChI=1S/C18H26N2O/c19-13-7-12-16-17(14-8-3-1-4-9-14)18(21-20-16)15-10-5-2-6-11-15/h14-15H,1-12H2. The number of aryl methyl sites for hydroxylation is 1. The molecule has 0 bridgehead atoms. The molecule has 2 fully saturated rings. The van der Waals surface area contributed by atoms with E-state index in [1.807, 2.05) is 0 Å². The molecule has 2 aliphatic carbocycles. The van der Waals surface area contributed by atoms with Crippen LogP contribution in [0.5, 0.6) is 0 Å². The van der Waals surface area contributed by atoms with Gasteiger partial charge in [-0.2, -0.15) is 5.26 Å². The van der Waals surface area contributed by atoms with Gasteiger partial charge in [0.2, 0.25) is 0 Å². The molecule has 0 saturated heterocycles. The molecule has 0 aliphatic heterocycles. The third-order valence-corrected chi connectivity index (χ3v) is 5.29. The second-order valence-corrected chi connectivity index (χ2v) is 6.74. The fraction of sp³-hybridized carbons (Fsp3) is 0.778. The van der Waals surface area contributed by atoms with Gasteiger partial charge in [0.15, 0.2) is 0 Å². The van der Waals surface area contributed by atoms with Crippen molar-refractivity contribution in [2.75, 3.05) is 0 Å². The lowest BCUT2D eigenvalue weighted by atomic mass is 9.78. The van der Waals surface area contributed by atoms with Crippen LogP contribution >= 0.6 is 0 Å². The van der Waals surface area contributed by atoms with E-state index in [-0.39, 0.29) is 0 Å². The largest absolute Gasteiger partial charge is 0.361 e. The quantitative estimate of drug-likeness (QED) is 0.761. The molecule has 114 valence electrons. The van der Waals surface area contributed by atoms with Crippen molar-refractivity contribution in [2.45, 2.75) is 88.9 Å². The normalized spacial score (nSPS) is 21.3. The Balaban J connectivity index is 1.87. The molecule has 21 heavy (non-hydrogen) atoms. The highest BCUT2D eigenvalue weighted by atomic mass is 16.5. The number of rotatable bonds is 4. The van der Waals surface area contributed by atoms with E-state index in [4.69, 9.17) is 9.78 Å². The Bertz CT molecular complexity index is 488. The van der Waals surface area contributed by atoms with Crippen LogP contribution in [0, 0.1) is 11.3 Å². The summed E-state index contributed by atoms with van der Waals surface area (Å²) in [6.45, 7) is 0. The van der Waals surface area contributed by atoms with Crippen molar-refractivity contribution in [1.82, 2.24) is 5.16 Å². The monoisotopic (exact) mass is 286 g/mol. The molecule has 2 aliphatic rings. The van der Waals surface area contributed by atoms with Crippen LogP contribution in [0.2, 0.25) is 0 Å². The summed E-state index contributed by atoms with van der Waals surface area (Å²) in [6.07, 6.45) is 14.4. The highest BCUT2D eigenvalue weighted by molar-refractivity contribution is 5.31. The Morgan fingerprint density at radius 2 is 1.57 bits per heavy atom. The van der Waals surface area contributed by atoms with Gasteiger partial charge in [0, 0.05) is 24.3 Å². The summed E-state index contributed by atoms with van der Waals surface area (Å²) in [6, 6.07) is 2.25. The van der Waals surface area contributed by atoms with Crippen LogP contribution in [0.4, 0.5) is 0 Å². The number of aromatic nitrogens is 1. The second kappa shape index (κ2) is 7.11. The molecule has 1 aromatic heterocycles. The maximum atomic E-state index is 8.88. The summed E-state index contributed by atoms with van der Waals surface area (Å²) in [4.78, 5) is 0. The van der Waals surface area contributed by atoms with E-state index < -0.39 is 0 Å². The molecule has 0 spiro atoms. The summed E-state index contributed by atoms with van der Waals surface area (Å²) >= 11 is 0. The van der Waals surface area contributed by atoms with Crippen molar-refractivity contribution in [3.8, 4) is 6.07 Å². The Kier molecular flexibility index (Phi) is 4.95. The molecule has 3 rings (SSSR count). The van der Waals surface area contributed by atoms with Crippen LogP contribution in [-0.4, -0.2) is 5.16 Å². The van der Waals surface area contributed by atoms with Gasteiger partial charge in [-0.1, -0.05) is 43.7 Å². The molecule has 3 heteroatoms. The van der Waals surface area contributed by atoms with Crippen molar-refractivity contribution in [3.05, 3.63) is 17.0 Å². The van der Waals surface area contributed by atoms with Crippen LogP contribution < -0.4 is 0 Å². The van der Waals surface area contributed by atoms with Gasteiger partial charge in [0.25, 0.3) is 0 Å². The molecule has 3 nitrogen and oxygen atoms in total. The van der Waals surface area contributed by atoms with Crippen molar-refractivity contribution in [1.29, 1.82) is 5.26 Å². The van der Waals surface area contributed by atoms with Crippen molar-refractivity contribution >= 4 is 0 Å². The zero-order valence-electron chi connectivity index (χ0n) is 12.9. The van der Waals surface area contributed by atoms with Gasteiger partial charge in [-0.15, -0.1) is 0 Å². The summed E-state index contributed by atoms with van der Waals surface area (Å²) in [5.74, 6) is 2.41. The summed E-state index contributed by atoms with van der Waals surface area (Å²) in [7, 11) is 0. The van der Waals surface area contributed by atoms with Crippen molar-refractivity contribution in [2.24, 2.45) is 0 Å². The molecule has 0 amide bonds. The third-order valence-electron chi connectivity index (χ3n) is 5.29. The smallest absolute Gasteiger partial charge is 0.143 e. The van der Waals surface area contributed by atoms with Gasteiger partial charge in [-0.25, -0.2) is 0 Å². The maximum absolute atomic E-state index is 8.88. The molecule has 0 unspecified atom stereocenters. The van der Waals surface area contributed by atoms with Crippen molar-refractivity contribution in [3.63, 3.8) is 0 Å². The predicted octanol–water partition coefficient (Wildman–Crippen LogP) is 5.23. The van der Waals surface area contributed by atoms with Gasteiger partial charge in [-0.05, 0) is 31.6 Å². The van der Waals surface area contributed by atoms with E-state index in [1.54, 1.807) is 0 Å². The van der Waals surface area contributed by atoms with Gasteiger partial charge >= 0.3 is 0 Å². The van der Waals surface area contributed by atoms with E-state index in [0.29, 0.717) is 18.3 Å². The molecule has 1 aromatic rings. The van der Waals surface area contributed by atoms with Gasteiger partial charge in [0.1, 0.15) is 5.76 Å².